The zero-order valence-corrected chi connectivity index (χ0v) is 36.8. The Labute approximate surface area is 346 Å². The zero-order valence-electron chi connectivity index (χ0n) is 36.8. The Morgan fingerprint density at radius 1 is 0.571 bits per heavy atom. The summed E-state index contributed by atoms with van der Waals surface area (Å²) in [6, 6.07) is -0.734. The molecule has 0 aliphatic rings. The van der Waals surface area contributed by atoms with Gasteiger partial charge in [-0.15, -0.1) is 0 Å². The molecule has 3 N–H and O–H groups in total. The lowest BCUT2D eigenvalue weighted by Gasteiger charge is -2.23. The number of aliphatic hydroxyl groups excluding tert-OH is 2. The van der Waals surface area contributed by atoms with Gasteiger partial charge in [0.2, 0.25) is 5.91 Å². The molecule has 6 nitrogen and oxygen atoms in total. The Bertz CT molecular complexity index is 1010. The lowest BCUT2D eigenvalue weighted by molar-refractivity contribution is -0.148. The third-order valence-electron chi connectivity index (χ3n) is 10.4. The fourth-order valence-electron chi connectivity index (χ4n) is 6.81. The highest BCUT2D eigenvalue weighted by Gasteiger charge is 2.23. The van der Waals surface area contributed by atoms with Crippen LogP contribution in [0.2, 0.25) is 0 Å². The molecule has 0 aromatic heterocycles. The van der Waals surface area contributed by atoms with Crippen LogP contribution in [0.3, 0.4) is 0 Å². The fourth-order valence-corrected chi connectivity index (χ4v) is 6.81. The number of aliphatic hydroxyl groups is 2. The average Bonchev–Trinajstić information content (AvgIpc) is 3.19. The van der Waals surface area contributed by atoms with Crippen LogP contribution in [0, 0.1) is 0 Å². The Hall–Kier alpha value is -2.44. The third-order valence-corrected chi connectivity index (χ3v) is 10.4. The number of amides is 1. The first kappa shape index (κ1) is 53.6. The highest BCUT2D eigenvalue weighted by atomic mass is 16.5. The lowest BCUT2D eigenvalue weighted by Crippen LogP contribution is -2.46. The first-order valence-electron chi connectivity index (χ1n) is 23.6. The molecule has 0 aromatic rings. The van der Waals surface area contributed by atoms with Crippen molar-refractivity contribution in [1.29, 1.82) is 0 Å². The van der Waals surface area contributed by atoms with Crippen LogP contribution in [0.1, 0.15) is 220 Å². The van der Waals surface area contributed by atoms with Gasteiger partial charge >= 0.3 is 5.97 Å². The molecule has 0 saturated heterocycles. The van der Waals surface area contributed by atoms with E-state index in [-0.39, 0.29) is 24.9 Å². The van der Waals surface area contributed by atoms with Gasteiger partial charge in [-0.1, -0.05) is 210 Å². The Balaban J connectivity index is 4.67. The maximum atomic E-state index is 13.1. The van der Waals surface area contributed by atoms with Crippen LogP contribution in [-0.4, -0.2) is 46.9 Å². The molecule has 0 fully saturated rings. The lowest BCUT2D eigenvalue weighted by atomic mass is 10.0. The van der Waals surface area contributed by atoms with Crippen LogP contribution in [0.4, 0.5) is 0 Å². The smallest absolute Gasteiger partial charge is 0.306 e. The van der Waals surface area contributed by atoms with E-state index in [4.69, 9.17) is 4.74 Å². The summed E-state index contributed by atoms with van der Waals surface area (Å²) in [6.45, 7) is 6.29. The van der Waals surface area contributed by atoms with E-state index in [9.17, 15) is 19.8 Å². The van der Waals surface area contributed by atoms with Gasteiger partial charge in [0, 0.05) is 6.42 Å². The molecule has 0 spiro atoms. The molecule has 0 radical (unpaired) electrons. The van der Waals surface area contributed by atoms with Gasteiger partial charge in [-0.25, -0.2) is 0 Å². The largest absolute Gasteiger partial charge is 0.458 e. The minimum absolute atomic E-state index is 0.0350. The number of hydrogen-bond donors (Lipinski definition) is 3. The summed E-state index contributed by atoms with van der Waals surface area (Å²) in [7, 11) is 0. The fraction of sp³-hybridized carbons (Fsp3) is 0.760. The molecule has 56 heavy (non-hydrogen) atoms. The summed E-state index contributed by atoms with van der Waals surface area (Å²) in [4.78, 5) is 25.9. The number of unbranched alkanes of at least 4 members (excludes halogenated alkanes) is 23. The predicted molar refractivity (Wildman–Crippen MR) is 241 cm³/mol. The number of esters is 1. The summed E-state index contributed by atoms with van der Waals surface area (Å²) in [6.07, 6.45) is 53.1. The first-order chi connectivity index (χ1) is 27.5. The molecule has 0 rings (SSSR count). The van der Waals surface area contributed by atoms with Crippen molar-refractivity contribution in [3.8, 4) is 0 Å². The van der Waals surface area contributed by atoms with E-state index in [1.54, 1.807) is 0 Å². The molecular formula is C50H89NO5. The van der Waals surface area contributed by atoms with Crippen LogP contribution >= 0.6 is 0 Å². The van der Waals surface area contributed by atoms with Crippen molar-refractivity contribution < 1.29 is 24.5 Å². The van der Waals surface area contributed by atoms with Gasteiger partial charge in [0.15, 0.2) is 0 Å². The van der Waals surface area contributed by atoms with Crippen LogP contribution < -0.4 is 5.32 Å². The number of carbonyl (C=O) groups excluding carboxylic acids is 2. The second-order valence-corrected chi connectivity index (χ2v) is 15.8. The van der Waals surface area contributed by atoms with Gasteiger partial charge in [0.25, 0.3) is 0 Å². The molecule has 0 aliphatic carbocycles. The predicted octanol–water partition coefficient (Wildman–Crippen LogP) is 13.7. The van der Waals surface area contributed by atoms with E-state index in [1.807, 2.05) is 12.2 Å². The van der Waals surface area contributed by atoms with Crippen LogP contribution in [0.25, 0.3) is 0 Å². The maximum Gasteiger partial charge on any atom is 0.306 e. The third kappa shape index (κ3) is 38.4. The van der Waals surface area contributed by atoms with E-state index in [0.29, 0.717) is 19.3 Å². The molecule has 1 amide bonds. The van der Waals surface area contributed by atoms with Crippen molar-refractivity contribution in [1.82, 2.24) is 5.32 Å². The summed E-state index contributed by atoms with van der Waals surface area (Å²) in [5.41, 5.74) is 0. The summed E-state index contributed by atoms with van der Waals surface area (Å²) in [5.74, 6) is -0.619. The van der Waals surface area contributed by atoms with Crippen LogP contribution in [0.15, 0.2) is 60.8 Å². The number of hydrogen-bond acceptors (Lipinski definition) is 5. The molecule has 0 saturated carbocycles. The van der Waals surface area contributed by atoms with E-state index in [2.05, 4.69) is 74.7 Å². The van der Waals surface area contributed by atoms with Crippen molar-refractivity contribution in [3.05, 3.63) is 60.8 Å². The quantitative estimate of drug-likeness (QED) is 0.0248. The Morgan fingerprint density at radius 2 is 1.07 bits per heavy atom. The minimum Gasteiger partial charge on any atom is -0.458 e. The number of ether oxygens (including phenoxy) is 1. The van der Waals surface area contributed by atoms with Crippen molar-refractivity contribution in [2.24, 2.45) is 0 Å². The second kappa shape index (κ2) is 43.7. The van der Waals surface area contributed by atoms with Crippen molar-refractivity contribution >= 4 is 11.9 Å². The SMILES string of the molecule is CC/C=C/C=C/C=C/CCCCCCCCCC(=O)OC(/C=C/C/C=C\CCCCCCCC)CC(=O)NC(CO)C(O)CCCCCCCCCCCCC. The van der Waals surface area contributed by atoms with E-state index in [0.717, 1.165) is 57.8 Å². The number of allylic oxidation sites excluding steroid dienone is 9. The molecule has 0 aromatic carbocycles. The van der Waals surface area contributed by atoms with Gasteiger partial charge < -0.3 is 20.3 Å². The maximum absolute atomic E-state index is 13.1. The summed E-state index contributed by atoms with van der Waals surface area (Å²) < 4.78 is 5.80. The molecule has 324 valence electrons. The molecule has 3 unspecified atom stereocenters. The van der Waals surface area contributed by atoms with Crippen molar-refractivity contribution in [2.45, 2.75) is 238 Å². The molecule has 0 heterocycles. The van der Waals surface area contributed by atoms with E-state index in [1.165, 1.54) is 116 Å². The van der Waals surface area contributed by atoms with Crippen molar-refractivity contribution in [2.75, 3.05) is 6.61 Å². The Morgan fingerprint density at radius 3 is 1.62 bits per heavy atom. The van der Waals surface area contributed by atoms with Gasteiger partial charge in [-0.3, -0.25) is 9.59 Å². The normalized spacial score (nSPS) is 13.9. The highest BCUT2D eigenvalue weighted by Crippen LogP contribution is 2.15. The topological polar surface area (TPSA) is 95.9 Å². The second-order valence-electron chi connectivity index (χ2n) is 15.8. The first-order valence-corrected chi connectivity index (χ1v) is 23.6. The molecule has 0 bridgehead atoms. The van der Waals surface area contributed by atoms with Gasteiger partial charge in [0.05, 0.1) is 25.2 Å². The number of nitrogens with one attached hydrogen (secondary N) is 1. The molecule has 0 aliphatic heterocycles. The minimum atomic E-state index is -0.812. The van der Waals surface area contributed by atoms with Crippen LogP contribution in [-0.2, 0) is 14.3 Å². The van der Waals surface area contributed by atoms with E-state index < -0.39 is 18.2 Å². The molecule has 6 heteroatoms. The van der Waals surface area contributed by atoms with Gasteiger partial charge in [-0.2, -0.15) is 0 Å². The van der Waals surface area contributed by atoms with Crippen molar-refractivity contribution in [3.63, 3.8) is 0 Å². The van der Waals surface area contributed by atoms with Gasteiger partial charge in [0.1, 0.15) is 6.10 Å². The summed E-state index contributed by atoms with van der Waals surface area (Å²) >= 11 is 0. The molecule has 3 atom stereocenters. The number of rotatable bonds is 41. The zero-order chi connectivity index (χ0) is 41.0. The van der Waals surface area contributed by atoms with Gasteiger partial charge in [-0.05, 0) is 57.4 Å². The Kier molecular flexibility index (Phi) is 41.8. The average molecular weight is 784 g/mol. The van der Waals surface area contributed by atoms with Crippen LogP contribution in [0.5, 0.6) is 0 Å². The molecular weight excluding hydrogens is 695 g/mol. The highest BCUT2D eigenvalue weighted by molar-refractivity contribution is 5.78. The standard InChI is InChI=1S/C50H89NO5/c1-4-7-10-13-16-19-22-23-24-25-28-31-34-37-40-43-50(55)56-46(41-38-35-32-29-26-20-17-14-11-8-5-2)44-49(54)51-47(45-52)48(53)42-39-36-33-30-27-21-18-15-12-9-6-3/h7,10,13,16,19,22,29,32,38,41,46-48,52-53H,4-6,8-9,11-12,14-15,17-18,20-21,23-28,30-31,33-37,39-40,42-45H2,1-3H3,(H,51,54)/b10-7+,16-13+,22-19+,32-29-,41-38+. The van der Waals surface area contributed by atoms with E-state index >= 15 is 0 Å². The number of carbonyl (C=O) groups is 2. The monoisotopic (exact) mass is 784 g/mol. The summed E-state index contributed by atoms with van der Waals surface area (Å²) in [5, 5.41) is 23.6.